The van der Waals surface area contributed by atoms with Crippen molar-refractivity contribution in [1.29, 1.82) is 0 Å². The second-order valence-corrected chi connectivity index (χ2v) is 4.79. The van der Waals surface area contributed by atoms with Crippen LogP contribution in [0.1, 0.15) is 18.9 Å². The van der Waals surface area contributed by atoms with Crippen LogP contribution >= 0.6 is 0 Å². The van der Waals surface area contributed by atoms with Crippen LogP contribution in [0.4, 0.5) is 5.69 Å². The fourth-order valence-corrected chi connectivity index (χ4v) is 1.50. The summed E-state index contributed by atoms with van der Waals surface area (Å²) >= 11 is 0. The van der Waals surface area contributed by atoms with Gasteiger partial charge in [-0.2, -0.15) is 0 Å². The summed E-state index contributed by atoms with van der Waals surface area (Å²) in [7, 11) is 0. The van der Waals surface area contributed by atoms with Crippen LogP contribution in [0.15, 0.2) is 30.3 Å². The van der Waals surface area contributed by atoms with Crippen LogP contribution in [0.2, 0.25) is 0 Å². The summed E-state index contributed by atoms with van der Waals surface area (Å²) < 4.78 is 0. The van der Waals surface area contributed by atoms with Crippen LogP contribution in [0.5, 0.6) is 0 Å². The molecule has 0 heterocycles. The van der Waals surface area contributed by atoms with Gasteiger partial charge in [0.15, 0.2) is 0 Å². The Bertz CT molecular complexity index is 506. The van der Waals surface area contributed by atoms with Crippen molar-refractivity contribution in [1.82, 2.24) is 5.32 Å². The van der Waals surface area contributed by atoms with Gasteiger partial charge in [-0.3, -0.25) is 9.59 Å². The number of carboxylic acid groups (broad SMARTS) is 1. The molecule has 0 aliphatic carbocycles. The number of nitrogens with one attached hydrogen (secondary N) is 1. The lowest BCUT2D eigenvalue weighted by Gasteiger charge is -2.20. The second-order valence-electron chi connectivity index (χ2n) is 4.79. The van der Waals surface area contributed by atoms with Crippen molar-refractivity contribution in [3.8, 4) is 0 Å². The summed E-state index contributed by atoms with van der Waals surface area (Å²) in [5, 5.41) is 20.8. The highest BCUT2D eigenvalue weighted by molar-refractivity contribution is 5.91. The van der Waals surface area contributed by atoms with E-state index in [1.54, 1.807) is 30.3 Å². The Labute approximate surface area is 116 Å². The molecular formula is C14H18N2O4. The fraction of sp³-hybridized carbons (Fsp3) is 0.286. The molecule has 6 heteroatoms. The summed E-state index contributed by atoms with van der Waals surface area (Å²) in [5.74, 6) is -1.53. The van der Waals surface area contributed by atoms with Crippen molar-refractivity contribution < 1.29 is 19.8 Å². The maximum absolute atomic E-state index is 11.5. The number of anilines is 1. The van der Waals surface area contributed by atoms with Gasteiger partial charge in [0.25, 0.3) is 0 Å². The Morgan fingerprint density at radius 3 is 2.50 bits per heavy atom. The van der Waals surface area contributed by atoms with Gasteiger partial charge in [-0.05, 0) is 30.7 Å². The third-order valence-corrected chi connectivity index (χ3v) is 2.54. The first-order valence-corrected chi connectivity index (χ1v) is 6.04. The highest BCUT2D eigenvalue weighted by atomic mass is 16.4. The van der Waals surface area contributed by atoms with Gasteiger partial charge in [0.2, 0.25) is 5.91 Å². The first-order valence-electron chi connectivity index (χ1n) is 6.04. The topological polar surface area (TPSA) is 113 Å². The highest BCUT2D eigenvalue weighted by Crippen LogP contribution is 2.08. The maximum Gasteiger partial charge on any atom is 0.306 e. The first kappa shape index (κ1) is 15.7. The van der Waals surface area contributed by atoms with Gasteiger partial charge in [0.1, 0.15) is 0 Å². The molecule has 1 atom stereocenters. The largest absolute Gasteiger partial charge is 0.481 e. The lowest BCUT2D eigenvalue weighted by molar-refractivity contribution is -0.142. The number of aliphatic carboxylic acids is 1. The smallest absolute Gasteiger partial charge is 0.306 e. The predicted octanol–water partition coefficient (Wildman–Crippen LogP) is 0.624. The van der Waals surface area contributed by atoms with E-state index in [-0.39, 0.29) is 6.54 Å². The second kappa shape index (κ2) is 6.72. The Balaban J connectivity index is 2.47. The van der Waals surface area contributed by atoms with Crippen molar-refractivity contribution in [3.05, 3.63) is 35.9 Å². The number of hydrogen-bond donors (Lipinski definition) is 4. The number of nitrogen functional groups attached to an aromatic ring is 1. The van der Waals surface area contributed by atoms with Crippen LogP contribution in [0.25, 0.3) is 6.08 Å². The molecule has 0 aromatic heterocycles. The third kappa shape index (κ3) is 6.01. The van der Waals surface area contributed by atoms with E-state index in [2.05, 4.69) is 5.32 Å². The minimum absolute atomic E-state index is 0.135. The van der Waals surface area contributed by atoms with Gasteiger partial charge >= 0.3 is 5.97 Å². The average molecular weight is 278 g/mol. The quantitative estimate of drug-likeness (QED) is 0.450. The van der Waals surface area contributed by atoms with Crippen molar-refractivity contribution in [2.45, 2.75) is 18.9 Å². The number of amides is 1. The molecule has 0 fully saturated rings. The molecule has 1 aromatic rings. The van der Waals surface area contributed by atoms with Gasteiger partial charge in [-0.25, -0.2) is 0 Å². The van der Waals surface area contributed by atoms with E-state index in [0.717, 1.165) is 5.56 Å². The zero-order chi connectivity index (χ0) is 15.2. The lowest BCUT2D eigenvalue weighted by Crippen LogP contribution is -2.41. The number of rotatable bonds is 6. The molecule has 1 aromatic carbocycles. The van der Waals surface area contributed by atoms with Gasteiger partial charge in [-0.15, -0.1) is 0 Å². The van der Waals surface area contributed by atoms with E-state index in [1.165, 1.54) is 13.0 Å². The number of carboxylic acids is 1. The molecule has 0 radical (unpaired) electrons. The van der Waals surface area contributed by atoms with Crippen molar-refractivity contribution in [2.24, 2.45) is 0 Å². The third-order valence-electron chi connectivity index (χ3n) is 2.54. The van der Waals surface area contributed by atoms with Crippen LogP contribution in [0, 0.1) is 0 Å². The number of aliphatic hydroxyl groups is 1. The maximum atomic E-state index is 11.5. The molecule has 0 spiro atoms. The summed E-state index contributed by atoms with van der Waals surface area (Å²) in [6.45, 7) is 1.22. The Morgan fingerprint density at radius 2 is 1.95 bits per heavy atom. The van der Waals surface area contributed by atoms with Gasteiger partial charge in [0, 0.05) is 18.3 Å². The fourth-order valence-electron chi connectivity index (χ4n) is 1.50. The highest BCUT2D eigenvalue weighted by Gasteiger charge is 2.24. The predicted molar refractivity (Wildman–Crippen MR) is 75.8 cm³/mol. The standard InChI is InChI=1S/C14H18N2O4/c1-14(20,8-13(18)19)9-16-12(17)7-4-10-2-5-11(15)6-3-10/h2-7,20H,8-9,15H2,1H3,(H,16,17)(H,18,19)/b7-4+. The van der Waals surface area contributed by atoms with Crippen molar-refractivity contribution in [3.63, 3.8) is 0 Å². The monoisotopic (exact) mass is 278 g/mol. The van der Waals surface area contributed by atoms with Crippen molar-refractivity contribution >= 4 is 23.6 Å². The van der Waals surface area contributed by atoms with Crippen LogP contribution in [-0.2, 0) is 9.59 Å². The van der Waals surface area contributed by atoms with E-state index in [0.29, 0.717) is 5.69 Å². The Morgan fingerprint density at radius 1 is 1.35 bits per heavy atom. The molecule has 1 rings (SSSR count). The molecule has 0 aliphatic rings. The number of hydrogen-bond acceptors (Lipinski definition) is 4. The molecule has 1 unspecified atom stereocenters. The molecular weight excluding hydrogens is 260 g/mol. The molecule has 0 bridgehead atoms. The molecule has 0 saturated carbocycles. The molecule has 108 valence electrons. The Kier molecular flexibility index (Phi) is 5.28. The summed E-state index contributed by atoms with van der Waals surface area (Å²) in [5.41, 5.74) is 5.51. The summed E-state index contributed by atoms with van der Waals surface area (Å²) in [6.07, 6.45) is 2.47. The number of carbonyl (C=O) groups excluding carboxylic acids is 1. The van der Waals surface area contributed by atoms with E-state index in [4.69, 9.17) is 10.8 Å². The van der Waals surface area contributed by atoms with Gasteiger partial charge in [0.05, 0.1) is 12.0 Å². The minimum Gasteiger partial charge on any atom is -0.481 e. The molecule has 0 aliphatic heterocycles. The molecule has 5 N–H and O–H groups in total. The number of benzene rings is 1. The molecule has 20 heavy (non-hydrogen) atoms. The van der Waals surface area contributed by atoms with Crippen LogP contribution < -0.4 is 11.1 Å². The zero-order valence-corrected chi connectivity index (χ0v) is 11.2. The molecule has 1 amide bonds. The van der Waals surface area contributed by atoms with E-state index < -0.39 is 23.9 Å². The number of carbonyl (C=O) groups is 2. The first-order chi connectivity index (χ1) is 9.28. The summed E-state index contributed by atoms with van der Waals surface area (Å²) in [4.78, 5) is 22.0. The van der Waals surface area contributed by atoms with Crippen LogP contribution in [0.3, 0.4) is 0 Å². The lowest BCUT2D eigenvalue weighted by atomic mass is 10.0. The normalized spacial score (nSPS) is 13.9. The SMILES string of the molecule is CC(O)(CNC(=O)/C=C/c1ccc(N)cc1)CC(=O)O. The van der Waals surface area contributed by atoms with E-state index >= 15 is 0 Å². The van der Waals surface area contributed by atoms with Gasteiger partial charge in [-0.1, -0.05) is 12.1 Å². The van der Waals surface area contributed by atoms with E-state index in [1.807, 2.05) is 0 Å². The molecule has 0 saturated heterocycles. The number of nitrogens with two attached hydrogens (primary N) is 1. The zero-order valence-electron chi connectivity index (χ0n) is 11.2. The minimum atomic E-state index is -1.48. The van der Waals surface area contributed by atoms with Gasteiger partial charge < -0.3 is 21.3 Å². The average Bonchev–Trinajstić information content (AvgIpc) is 2.34. The van der Waals surface area contributed by atoms with Crippen molar-refractivity contribution in [2.75, 3.05) is 12.3 Å². The van der Waals surface area contributed by atoms with Crippen LogP contribution in [-0.4, -0.2) is 34.2 Å². The van der Waals surface area contributed by atoms with E-state index in [9.17, 15) is 14.7 Å². The molecule has 6 nitrogen and oxygen atoms in total. The summed E-state index contributed by atoms with van der Waals surface area (Å²) in [6, 6.07) is 6.96. The Hall–Kier alpha value is -2.34.